The lowest BCUT2D eigenvalue weighted by Gasteiger charge is -2.18. The molecule has 2 atom stereocenters. The van der Waals surface area contributed by atoms with E-state index >= 15 is 0 Å². The summed E-state index contributed by atoms with van der Waals surface area (Å²) in [6.07, 6.45) is -4.75. The molecule has 1 fully saturated rings. The first kappa shape index (κ1) is 19.6. The molecule has 11 heteroatoms. The highest BCUT2D eigenvalue weighted by Gasteiger charge is 2.53. The fourth-order valence-corrected chi connectivity index (χ4v) is 3.46. The van der Waals surface area contributed by atoms with Gasteiger partial charge in [0.2, 0.25) is 0 Å². The van der Waals surface area contributed by atoms with Crippen LogP contribution in [0.5, 0.6) is 0 Å². The lowest BCUT2D eigenvalue weighted by atomic mass is 9.96. The first-order valence-electron chi connectivity index (χ1n) is 8.40. The number of aliphatic carboxylic acids is 1. The number of benzene rings is 1. The molecule has 0 spiro atoms. The number of fused-ring (bicyclic) bond motifs is 1. The van der Waals surface area contributed by atoms with E-state index in [1.54, 1.807) is 6.92 Å². The fourth-order valence-electron chi connectivity index (χ4n) is 3.46. The standard InChI is InChI=1S/C17H16F3N3O5/c1-2-23-12-4-3-8(5-11(12)21-13(24)15(23)26)14(25)22-6-9(16(27)28)10(7-22)17(18,19)20/h3-5,9-10H,2,6-7H2,1H3,(H,21,24)(H,27,28)/t9-,10-/m1/s1. The quantitative estimate of drug-likeness (QED) is 0.749. The number of aryl methyl sites for hydroxylation is 1. The average molecular weight is 399 g/mol. The van der Waals surface area contributed by atoms with Crippen LogP contribution in [0.3, 0.4) is 0 Å². The van der Waals surface area contributed by atoms with Gasteiger partial charge in [0, 0.05) is 25.2 Å². The molecule has 0 unspecified atom stereocenters. The summed E-state index contributed by atoms with van der Waals surface area (Å²) in [5, 5.41) is 9.06. The summed E-state index contributed by atoms with van der Waals surface area (Å²) in [6, 6.07) is 4.00. The number of alkyl halides is 3. The lowest BCUT2D eigenvalue weighted by Crippen LogP contribution is -2.36. The zero-order valence-corrected chi connectivity index (χ0v) is 14.6. The van der Waals surface area contributed by atoms with E-state index < -0.39 is 54.1 Å². The van der Waals surface area contributed by atoms with Gasteiger partial charge in [0.25, 0.3) is 5.91 Å². The molecule has 2 N–H and O–H groups in total. The molecular formula is C17H16F3N3O5. The van der Waals surface area contributed by atoms with Crippen LogP contribution in [0.25, 0.3) is 11.0 Å². The number of nitrogens with one attached hydrogen (secondary N) is 1. The zero-order valence-electron chi connectivity index (χ0n) is 14.6. The van der Waals surface area contributed by atoms with E-state index in [9.17, 15) is 32.3 Å². The van der Waals surface area contributed by atoms with Crippen molar-refractivity contribution in [2.75, 3.05) is 13.1 Å². The van der Waals surface area contributed by atoms with Gasteiger partial charge in [-0.25, -0.2) is 0 Å². The number of likely N-dealkylation sites (tertiary alicyclic amines) is 1. The molecule has 1 aliphatic rings. The van der Waals surface area contributed by atoms with E-state index in [0.29, 0.717) is 5.52 Å². The van der Waals surface area contributed by atoms with Crippen molar-refractivity contribution in [1.82, 2.24) is 14.5 Å². The number of carbonyl (C=O) groups is 2. The second-order valence-corrected chi connectivity index (χ2v) is 6.54. The van der Waals surface area contributed by atoms with Crippen LogP contribution in [0.15, 0.2) is 27.8 Å². The third-order valence-corrected chi connectivity index (χ3v) is 4.88. The van der Waals surface area contributed by atoms with Gasteiger partial charge in [-0.1, -0.05) is 0 Å². The van der Waals surface area contributed by atoms with Crippen molar-refractivity contribution >= 4 is 22.9 Å². The number of amides is 1. The summed E-state index contributed by atoms with van der Waals surface area (Å²) >= 11 is 0. The first-order valence-corrected chi connectivity index (χ1v) is 8.40. The molecule has 1 aliphatic heterocycles. The molecular weight excluding hydrogens is 383 g/mol. The number of hydrogen-bond acceptors (Lipinski definition) is 4. The van der Waals surface area contributed by atoms with Crippen molar-refractivity contribution in [1.29, 1.82) is 0 Å². The number of hydrogen-bond donors (Lipinski definition) is 2. The lowest BCUT2D eigenvalue weighted by molar-refractivity contribution is -0.187. The van der Waals surface area contributed by atoms with Gasteiger partial charge in [-0.2, -0.15) is 13.2 Å². The Balaban J connectivity index is 1.98. The van der Waals surface area contributed by atoms with Gasteiger partial charge in [-0.3, -0.25) is 19.2 Å². The maximum atomic E-state index is 13.1. The second-order valence-electron chi connectivity index (χ2n) is 6.54. The van der Waals surface area contributed by atoms with Crippen molar-refractivity contribution in [3.63, 3.8) is 0 Å². The molecule has 3 rings (SSSR count). The topological polar surface area (TPSA) is 112 Å². The summed E-state index contributed by atoms with van der Waals surface area (Å²) < 4.78 is 40.5. The van der Waals surface area contributed by atoms with Gasteiger partial charge in [0.1, 0.15) is 0 Å². The number of rotatable bonds is 3. The zero-order chi connectivity index (χ0) is 20.8. The van der Waals surface area contributed by atoms with Gasteiger partial charge in [-0.05, 0) is 25.1 Å². The van der Waals surface area contributed by atoms with E-state index in [0.717, 1.165) is 4.90 Å². The summed E-state index contributed by atoms with van der Waals surface area (Å²) in [7, 11) is 0. The SMILES string of the molecule is CCn1c(=O)c(=O)[nH]c2cc(C(=O)N3C[C@@H](C(F)(F)F)[C@H](C(=O)O)C3)ccc21. The number of carboxylic acid groups (broad SMARTS) is 1. The number of carbonyl (C=O) groups excluding carboxylic acids is 1. The van der Waals surface area contributed by atoms with Crippen LogP contribution < -0.4 is 11.1 Å². The predicted molar refractivity (Wildman–Crippen MR) is 91.1 cm³/mol. The molecule has 0 aliphatic carbocycles. The minimum Gasteiger partial charge on any atom is -0.481 e. The van der Waals surface area contributed by atoms with Crippen LogP contribution in [-0.4, -0.2) is 50.7 Å². The highest BCUT2D eigenvalue weighted by atomic mass is 19.4. The minimum atomic E-state index is -4.75. The Morgan fingerprint density at radius 2 is 1.93 bits per heavy atom. The van der Waals surface area contributed by atoms with Crippen molar-refractivity contribution in [2.45, 2.75) is 19.6 Å². The Morgan fingerprint density at radius 3 is 2.46 bits per heavy atom. The molecule has 1 aromatic carbocycles. The van der Waals surface area contributed by atoms with Gasteiger partial charge < -0.3 is 19.6 Å². The Kier molecular flexibility index (Phi) is 4.77. The molecule has 28 heavy (non-hydrogen) atoms. The van der Waals surface area contributed by atoms with Crippen LogP contribution in [0.4, 0.5) is 13.2 Å². The molecule has 0 saturated carbocycles. The van der Waals surface area contributed by atoms with Crippen LogP contribution in [-0.2, 0) is 11.3 Å². The fraction of sp³-hybridized carbons (Fsp3) is 0.412. The molecule has 1 amide bonds. The van der Waals surface area contributed by atoms with Crippen LogP contribution in [0.1, 0.15) is 17.3 Å². The molecule has 2 aromatic rings. The monoisotopic (exact) mass is 399 g/mol. The maximum Gasteiger partial charge on any atom is 0.394 e. The Morgan fingerprint density at radius 1 is 1.25 bits per heavy atom. The Bertz CT molecular complexity index is 1070. The molecule has 2 heterocycles. The van der Waals surface area contributed by atoms with Crippen molar-refractivity contribution in [3.05, 3.63) is 44.5 Å². The number of halogens is 3. The molecule has 1 aromatic heterocycles. The summed E-state index contributed by atoms with van der Waals surface area (Å²) in [6.45, 7) is 0.544. The second kappa shape index (κ2) is 6.80. The summed E-state index contributed by atoms with van der Waals surface area (Å²) in [5.41, 5.74) is -1.12. The van der Waals surface area contributed by atoms with Crippen molar-refractivity contribution in [2.24, 2.45) is 11.8 Å². The Hall–Kier alpha value is -3.11. The van der Waals surface area contributed by atoms with E-state index in [1.807, 2.05) is 0 Å². The molecule has 0 radical (unpaired) electrons. The number of H-pyrrole nitrogens is 1. The van der Waals surface area contributed by atoms with Gasteiger partial charge >= 0.3 is 23.3 Å². The third kappa shape index (κ3) is 3.27. The van der Waals surface area contributed by atoms with Crippen molar-refractivity contribution < 1.29 is 27.9 Å². The van der Waals surface area contributed by atoms with E-state index in [1.165, 1.54) is 22.8 Å². The van der Waals surface area contributed by atoms with Gasteiger partial charge in [0.15, 0.2) is 0 Å². The smallest absolute Gasteiger partial charge is 0.394 e. The van der Waals surface area contributed by atoms with E-state index in [4.69, 9.17) is 5.11 Å². The highest BCUT2D eigenvalue weighted by molar-refractivity contribution is 5.97. The predicted octanol–water partition coefficient (Wildman–Crippen LogP) is 1.04. The van der Waals surface area contributed by atoms with Crippen LogP contribution in [0.2, 0.25) is 0 Å². The average Bonchev–Trinajstić information content (AvgIpc) is 3.08. The van der Waals surface area contributed by atoms with Crippen LogP contribution in [0, 0.1) is 11.8 Å². The first-order chi connectivity index (χ1) is 13.0. The van der Waals surface area contributed by atoms with Crippen molar-refractivity contribution in [3.8, 4) is 0 Å². The normalized spacial score (nSPS) is 19.9. The maximum absolute atomic E-state index is 13.1. The van der Waals surface area contributed by atoms with Gasteiger partial charge in [-0.15, -0.1) is 0 Å². The van der Waals surface area contributed by atoms with Crippen LogP contribution >= 0.6 is 0 Å². The minimum absolute atomic E-state index is 0.0172. The highest BCUT2D eigenvalue weighted by Crippen LogP contribution is 2.38. The number of nitrogens with zero attached hydrogens (tertiary/aromatic N) is 2. The number of aromatic nitrogens is 2. The summed E-state index contributed by atoms with van der Waals surface area (Å²) in [4.78, 5) is 50.6. The third-order valence-electron chi connectivity index (χ3n) is 4.88. The number of carboxylic acids is 1. The molecule has 1 saturated heterocycles. The largest absolute Gasteiger partial charge is 0.481 e. The van der Waals surface area contributed by atoms with E-state index in [2.05, 4.69) is 4.98 Å². The summed E-state index contributed by atoms with van der Waals surface area (Å²) in [5.74, 6) is -6.30. The number of aromatic amines is 1. The van der Waals surface area contributed by atoms with Gasteiger partial charge in [0.05, 0.1) is 22.9 Å². The Labute approximate surface area is 155 Å². The molecule has 8 nitrogen and oxygen atoms in total. The molecule has 150 valence electrons. The molecule has 0 bridgehead atoms. The van der Waals surface area contributed by atoms with E-state index in [-0.39, 0.29) is 17.6 Å².